The molecule has 2 rings (SSSR count). The maximum atomic E-state index is 12.8. The van der Waals surface area contributed by atoms with Crippen molar-refractivity contribution in [1.29, 1.82) is 0 Å². The van der Waals surface area contributed by atoms with Gasteiger partial charge in [0.2, 0.25) is 15.9 Å². The van der Waals surface area contributed by atoms with Gasteiger partial charge in [-0.25, -0.2) is 8.42 Å². The van der Waals surface area contributed by atoms with Gasteiger partial charge in [-0.2, -0.15) is 13.2 Å². The molecule has 0 saturated heterocycles. The highest BCUT2D eigenvalue weighted by Gasteiger charge is 2.31. The van der Waals surface area contributed by atoms with E-state index in [0.717, 1.165) is 28.3 Å². The molecule has 0 aliphatic rings. The Kier molecular flexibility index (Phi) is 6.38. The summed E-state index contributed by atoms with van der Waals surface area (Å²) >= 11 is 0. The molecular formula is C19H21F3N2O3S. The van der Waals surface area contributed by atoms with Crippen LogP contribution in [0.4, 0.5) is 18.9 Å². The second-order valence-electron chi connectivity index (χ2n) is 6.49. The molecule has 1 N–H and O–H groups in total. The fourth-order valence-corrected chi connectivity index (χ4v) is 3.94. The first-order valence-electron chi connectivity index (χ1n) is 8.39. The summed E-state index contributed by atoms with van der Waals surface area (Å²) in [5.74, 6) is -0.621. The predicted molar refractivity (Wildman–Crippen MR) is 101 cm³/mol. The van der Waals surface area contributed by atoms with Gasteiger partial charge in [0, 0.05) is 6.54 Å². The van der Waals surface area contributed by atoms with E-state index in [1.807, 2.05) is 0 Å². The summed E-state index contributed by atoms with van der Waals surface area (Å²) in [6.07, 6.45) is -3.49. The molecule has 5 nitrogen and oxygen atoms in total. The number of carbonyl (C=O) groups is 1. The first-order valence-corrected chi connectivity index (χ1v) is 10.2. The second kappa shape index (κ2) is 8.22. The van der Waals surface area contributed by atoms with E-state index >= 15 is 0 Å². The molecule has 0 spiro atoms. The van der Waals surface area contributed by atoms with Crippen LogP contribution in [0.25, 0.3) is 0 Å². The van der Waals surface area contributed by atoms with Gasteiger partial charge in [0.15, 0.2) is 0 Å². The lowest BCUT2D eigenvalue weighted by Crippen LogP contribution is -2.47. The van der Waals surface area contributed by atoms with Crippen LogP contribution in [0, 0.1) is 6.92 Å². The fourth-order valence-electron chi connectivity index (χ4n) is 2.77. The molecular weight excluding hydrogens is 393 g/mol. The van der Waals surface area contributed by atoms with Crippen LogP contribution in [0.15, 0.2) is 48.5 Å². The molecule has 0 bridgehead atoms. The zero-order chi connectivity index (χ0) is 21.1. The molecule has 0 radical (unpaired) electrons. The molecule has 9 heteroatoms. The van der Waals surface area contributed by atoms with Crippen molar-refractivity contribution in [2.24, 2.45) is 0 Å². The average Bonchev–Trinajstić information content (AvgIpc) is 2.58. The van der Waals surface area contributed by atoms with Gasteiger partial charge in [-0.1, -0.05) is 24.3 Å². The Bertz CT molecular complexity index is 959. The van der Waals surface area contributed by atoms with Crippen LogP contribution >= 0.6 is 0 Å². The number of hydrogen-bond donors (Lipinski definition) is 1. The van der Waals surface area contributed by atoms with Crippen molar-refractivity contribution in [3.8, 4) is 0 Å². The van der Waals surface area contributed by atoms with E-state index in [0.29, 0.717) is 5.69 Å². The number of alkyl halides is 3. The van der Waals surface area contributed by atoms with E-state index in [1.165, 1.54) is 19.1 Å². The highest BCUT2D eigenvalue weighted by molar-refractivity contribution is 7.92. The number of carbonyl (C=O) groups excluding carboxylic acids is 1. The number of rotatable bonds is 6. The molecule has 0 saturated carbocycles. The molecule has 1 atom stereocenters. The summed E-state index contributed by atoms with van der Waals surface area (Å²) in [5, 5.41) is 2.50. The summed E-state index contributed by atoms with van der Waals surface area (Å²) in [6, 6.07) is 10.2. The number of halogens is 3. The monoisotopic (exact) mass is 414 g/mol. The lowest BCUT2D eigenvalue weighted by molar-refractivity contribution is -0.137. The summed E-state index contributed by atoms with van der Waals surface area (Å²) in [4.78, 5) is 12.5. The third-order valence-corrected chi connectivity index (χ3v) is 5.31. The van der Waals surface area contributed by atoms with Gasteiger partial charge in [-0.15, -0.1) is 0 Å². The normalized spacial score (nSPS) is 13.1. The largest absolute Gasteiger partial charge is 0.416 e. The Morgan fingerprint density at radius 1 is 1.14 bits per heavy atom. The summed E-state index contributed by atoms with van der Waals surface area (Å²) < 4.78 is 63.8. The zero-order valence-electron chi connectivity index (χ0n) is 15.6. The SMILES string of the molecule is Cc1cccc(N([C@H](C)C(=O)NCc2cccc(C(F)(F)F)c2)S(C)(=O)=O)c1. The molecule has 2 aromatic rings. The Hall–Kier alpha value is -2.55. The minimum absolute atomic E-state index is 0.154. The van der Waals surface area contributed by atoms with E-state index in [1.54, 1.807) is 31.2 Å². The molecule has 152 valence electrons. The smallest absolute Gasteiger partial charge is 0.350 e. The molecule has 0 heterocycles. The van der Waals surface area contributed by atoms with E-state index in [9.17, 15) is 26.4 Å². The van der Waals surface area contributed by atoms with Gasteiger partial charge in [-0.05, 0) is 49.2 Å². The fraction of sp³-hybridized carbons (Fsp3) is 0.316. The number of sulfonamides is 1. The Morgan fingerprint density at radius 2 is 1.79 bits per heavy atom. The first-order chi connectivity index (χ1) is 12.9. The third kappa shape index (κ3) is 5.48. The van der Waals surface area contributed by atoms with E-state index < -0.39 is 33.7 Å². The van der Waals surface area contributed by atoms with Crippen molar-refractivity contribution < 1.29 is 26.4 Å². The van der Waals surface area contributed by atoms with Crippen molar-refractivity contribution in [3.63, 3.8) is 0 Å². The summed E-state index contributed by atoms with van der Waals surface area (Å²) in [5.41, 5.74) is 0.605. The first kappa shape index (κ1) is 21.7. The van der Waals surface area contributed by atoms with Crippen LogP contribution in [0.5, 0.6) is 0 Å². The van der Waals surface area contributed by atoms with Crippen LogP contribution < -0.4 is 9.62 Å². The number of nitrogens with zero attached hydrogens (tertiary/aromatic N) is 1. The molecule has 0 aliphatic carbocycles. The number of anilines is 1. The van der Waals surface area contributed by atoms with Crippen LogP contribution in [0.2, 0.25) is 0 Å². The molecule has 0 aromatic heterocycles. The second-order valence-corrected chi connectivity index (χ2v) is 8.35. The summed E-state index contributed by atoms with van der Waals surface area (Å²) in [7, 11) is -3.76. The Balaban J connectivity index is 2.18. The van der Waals surface area contributed by atoms with Gasteiger partial charge in [0.05, 0.1) is 17.5 Å². The van der Waals surface area contributed by atoms with E-state index in [-0.39, 0.29) is 12.1 Å². The predicted octanol–water partition coefficient (Wildman–Crippen LogP) is 3.48. The van der Waals surface area contributed by atoms with E-state index in [4.69, 9.17) is 0 Å². The lowest BCUT2D eigenvalue weighted by atomic mass is 10.1. The minimum Gasteiger partial charge on any atom is -0.350 e. The topological polar surface area (TPSA) is 66.5 Å². The molecule has 0 unspecified atom stereocenters. The molecule has 28 heavy (non-hydrogen) atoms. The number of nitrogens with one attached hydrogen (secondary N) is 1. The lowest BCUT2D eigenvalue weighted by Gasteiger charge is -2.28. The molecule has 0 fully saturated rings. The van der Waals surface area contributed by atoms with Crippen LogP contribution in [0.3, 0.4) is 0 Å². The van der Waals surface area contributed by atoms with Crippen LogP contribution in [0.1, 0.15) is 23.6 Å². The number of benzene rings is 2. The standard InChI is InChI=1S/C19H21F3N2O3S/c1-13-6-4-9-17(10-13)24(28(3,26)27)14(2)18(25)23-12-15-7-5-8-16(11-15)19(20,21)22/h4-11,14H,12H2,1-3H3,(H,23,25)/t14-/m1/s1. The van der Waals surface area contributed by atoms with Gasteiger partial charge < -0.3 is 5.32 Å². The van der Waals surface area contributed by atoms with Gasteiger partial charge >= 0.3 is 6.18 Å². The Labute approximate surface area is 162 Å². The van der Waals surface area contributed by atoms with Crippen LogP contribution in [-0.4, -0.2) is 26.6 Å². The van der Waals surface area contributed by atoms with Crippen molar-refractivity contribution in [3.05, 3.63) is 65.2 Å². The van der Waals surface area contributed by atoms with Crippen molar-refractivity contribution in [1.82, 2.24) is 5.32 Å². The number of amides is 1. The number of aryl methyl sites for hydroxylation is 1. The molecule has 2 aromatic carbocycles. The third-order valence-electron chi connectivity index (χ3n) is 4.07. The Morgan fingerprint density at radius 3 is 2.36 bits per heavy atom. The van der Waals surface area contributed by atoms with Gasteiger partial charge in [-0.3, -0.25) is 9.10 Å². The maximum Gasteiger partial charge on any atom is 0.416 e. The highest BCUT2D eigenvalue weighted by atomic mass is 32.2. The maximum absolute atomic E-state index is 12.8. The van der Waals surface area contributed by atoms with E-state index in [2.05, 4.69) is 5.32 Å². The molecule has 1 amide bonds. The van der Waals surface area contributed by atoms with Crippen molar-refractivity contribution in [2.75, 3.05) is 10.6 Å². The quantitative estimate of drug-likeness (QED) is 0.787. The van der Waals surface area contributed by atoms with Gasteiger partial charge in [0.1, 0.15) is 6.04 Å². The van der Waals surface area contributed by atoms with Crippen molar-refractivity contribution in [2.45, 2.75) is 32.6 Å². The van der Waals surface area contributed by atoms with Gasteiger partial charge in [0.25, 0.3) is 0 Å². The average molecular weight is 414 g/mol. The van der Waals surface area contributed by atoms with Crippen molar-refractivity contribution >= 4 is 21.6 Å². The minimum atomic E-state index is -4.48. The zero-order valence-corrected chi connectivity index (χ0v) is 16.4. The van der Waals surface area contributed by atoms with Crippen LogP contribution in [-0.2, 0) is 27.5 Å². The summed E-state index contributed by atoms with van der Waals surface area (Å²) in [6.45, 7) is 3.06. The number of hydrogen-bond acceptors (Lipinski definition) is 3. The molecule has 0 aliphatic heterocycles. The highest BCUT2D eigenvalue weighted by Crippen LogP contribution is 2.29.